The van der Waals surface area contributed by atoms with Crippen molar-refractivity contribution in [1.82, 2.24) is 10.6 Å². The quantitative estimate of drug-likeness (QED) is 0.595. The molecule has 6 heteroatoms. The van der Waals surface area contributed by atoms with Crippen molar-refractivity contribution < 1.29 is 17.6 Å². The molecule has 0 aliphatic carbocycles. The highest BCUT2D eigenvalue weighted by atomic mass is 19.4. The van der Waals surface area contributed by atoms with Crippen LogP contribution in [0.3, 0.4) is 0 Å². The Kier molecular flexibility index (Phi) is 6.42. The molecular weight excluding hydrogens is 272 g/mol. The molecule has 2 nitrogen and oxygen atoms in total. The molecule has 1 aromatic rings. The standard InChI is InChI=1S/C14H20F4N2/c1-10(2)20-7-3-6-19-9-11-8-12(14(16,17)18)4-5-13(11)15/h4-5,8,10,19-20H,3,6-7,9H2,1-2H3. The van der Waals surface area contributed by atoms with E-state index in [4.69, 9.17) is 0 Å². The summed E-state index contributed by atoms with van der Waals surface area (Å²) in [6, 6.07) is 2.87. The van der Waals surface area contributed by atoms with Crippen LogP contribution in [0.15, 0.2) is 18.2 Å². The molecule has 2 N–H and O–H groups in total. The zero-order valence-electron chi connectivity index (χ0n) is 11.6. The summed E-state index contributed by atoms with van der Waals surface area (Å²) in [7, 11) is 0. The summed E-state index contributed by atoms with van der Waals surface area (Å²) in [6.07, 6.45) is -3.61. The van der Waals surface area contributed by atoms with Gasteiger partial charge >= 0.3 is 6.18 Å². The lowest BCUT2D eigenvalue weighted by Gasteiger charge is -2.11. The van der Waals surface area contributed by atoms with Gasteiger partial charge in [-0.05, 0) is 37.7 Å². The molecule has 0 aromatic heterocycles. The van der Waals surface area contributed by atoms with E-state index >= 15 is 0 Å². The lowest BCUT2D eigenvalue weighted by molar-refractivity contribution is -0.137. The van der Waals surface area contributed by atoms with E-state index in [1.165, 1.54) is 0 Å². The molecule has 0 radical (unpaired) electrons. The molecule has 1 aromatic carbocycles. The summed E-state index contributed by atoms with van der Waals surface area (Å²) in [5, 5.41) is 6.17. The van der Waals surface area contributed by atoms with Crippen molar-refractivity contribution in [1.29, 1.82) is 0 Å². The van der Waals surface area contributed by atoms with Crippen LogP contribution in [-0.2, 0) is 12.7 Å². The van der Waals surface area contributed by atoms with E-state index < -0.39 is 17.6 Å². The third kappa shape index (κ3) is 5.88. The first kappa shape index (κ1) is 16.9. The van der Waals surface area contributed by atoms with Gasteiger partial charge in [0.25, 0.3) is 0 Å². The first-order valence-corrected chi connectivity index (χ1v) is 6.60. The molecule has 0 heterocycles. The number of hydrogen-bond donors (Lipinski definition) is 2. The second kappa shape index (κ2) is 7.59. The SMILES string of the molecule is CC(C)NCCCNCc1cc(C(F)(F)F)ccc1F. The molecule has 0 bridgehead atoms. The normalized spacial score (nSPS) is 12.2. The van der Waals surface area contributed by atoms with Gasteiger partial charge in [-0.25, -0.2) is 4.39 Å². The van der Waals surface area contributed by atoms with Crippen molar-refractivity contribution in [3.05, 3.63) is 35.1 Å². The maximum absolute atomic E-state index is 13.4. The fourth-order valence-corrected chi connectivity index (χ4v) is 1.71. The number of nitrogens with one attached hydrogen (secondary N) is 2. The number of alkyl halides is 3. The van der Waals surface area contributed by atoms with Gasteiger partial charge in [-0.15, -0.1) is 0 Å². The van der Waals surface area contributed by atoms with Gasteiger partial charge in [0, 0.05) is 18.2 Å². The minimum atomic E-state index is -4.44. The van der Waals surface area contributed by atoms with Gasteiger partial charge in [0.05, 0.1) is 5.56 Å². The van der Waals surface area contributed by atoms with E-state index in [0.717, 1.165) is 31.2 Å². The van der Waals surface area contributed by atoms with Crippen LogP contribution < -0.4 is 10.6 Å². The van der Waals surface area contributed by atoms with Gasteiger partial charge in [0.15, 0.2) is 0 Å². The van der Waals surface area contributed by atoms with Crippen LogP contribution in [-0.4, -0.2) is 19.1 Å². The van der Waals surface area contributed by atoms with E-state index in [0.29, 0.717) is 12.6 Å². The van der Waals surface area contributed by atoms with Crippen LogP contribution in [0.5, 0.6) is 0 Å². The molecular formula is C14H20F4N2. The predicted octanol–water partition coefficient (Wildman–Crippen LogP) is 3.32. The van der Waals surface area contributed by atoms with Gasteiger partial charge in [-0.1, -0.05) is 13.8 Å². The van der Waals surface area contributed by atoms with Crippen LogP contribution in [0.25, 0.3) is 0 Å². The van der Waals surface area contributed by atoms with Gasteiger partial charge < -0.3 is 10.6 Å². The number of hydrogen-bond acceptors (Lipinski definition) is 2. The molecule has 0 aliphatic heterocycles. The maximum Gasteiger partial charge on any atom is 0.416 e. The summed E-state index contributed by atoms with van der Waals surface area (Å²) < 4.78 is 51.0. The van der Waals surface area contributed by atoms with Gasteiger partial charge in [0.1, 0.15) is 5.82 Å². The second-order valence-electron chi connectivity index (χ2n) is 4.94. The highest BCUT2D eigenvalue weighted by Crippen LogP contribution is 2.30. The first-order valence-electron chi connectivity index (χ1n) is 6.60. The van der Waals surface area contributed by atoms with Gasteiger partial charge in [-0.2, -0.15) is 13.2 Å². The molecule has 0 spiro atoms. The Balaban J connectivity index is 2.43. The van der Waals surface area contributed by atoms with E-state index in [1.807, 2.05) is 13.8 Å². The van der Waals surface area contributed by atoms with Gasteiger partial charge in [-0.3, -0.25) is 0 Å². The van der Waals surface area contributed by atoms with Crippen molar-refractivity contribution in [2.45, 2.75) is 39.0 Å². The van der Waals surface area contributed by atoms with Crippen LogP contribution >= 0.6 is 0 Å². The lowest BCUT2D eigenvalue weighted by Crippen LogP contribution is -2.27. The van der Waals surface area contributed by atoms with Crippen LogP contribution in [0.1, 0.15) is 31.4 Å². The summed E-state index contributed by atoms with van der Waals surface area (Å²) in [5.41, 5.74) is -0.784. The van der Waals surface area contributed by atoms with Gasteiger partial charge in [0.2, 0.25) is 0 Å². The van der Waals surface area contributed by atoms with E-state index in [-0.39, 0.29) is 12.1 Å². The summed E-state index contributed by atoms with van der Waals surface area (Å²) in [5.74, 6) is -0.620. The number of rotatable bonds is 7. The Morgan fingerprint density at radius 3 is 2.45 bits per heavy atom. The molecule has 20 heavy (non-hydrogen) atoms. The maximum atomic E-state index is 13.4. The second-order valence-corrected chi connectivity index (χ2v) is 4.94. The van der Waals surface area contributed by atoms with Crippen molar-refractivity contribution >= 4 is 0 Å². The Labute approximate surface area is 116 Å². The summed E-state index contributed by atoms with van der Waals surface area (Å²) in [4.78, 5) is 0. The average molecular weight is 292 g/mol. The topological polar surface area (TPSA) is 24.1 Å². The fraction of sp³-hybridized carbons (Fsp3) is 0.571. The minimum Gasteiger partial charge on any atom is -0.314 e. The monoisotopic (exact) mass is 292 g/mol. The summed E-state index contributed by atoms with van der Waals surface area (Å²) >= 11 is 0. The molecule has 0 saturated heterocycles. The zero-order chi connectivity index (χ0) is 15.2. The third-order valence-corrected chi connectivity index (χ3v) is 2.77. The summed E-state index contributed by atoms with van der Waals surface area (Å²) in [6.45, 7) is 5.60. The Bertz CT molecular complexity index is 416. The highest BCUT2D eigenvalue weighted by molar-refractivity contribution is 5.27. The Hall–Kier alpha value is -1.14. The third-order valence-electron chi connectivity index (χ3n) is 2.77. The first-order chi connectivity index (χ1) is 9.30. The number of benzene rings is 1. The molecule has 0 amide bonds. The zero-order valence-corrected chi connectivity index (χ0v) is 11.6. The Morgan fingerprint density at radius 2 is 1.85 bits per heavy atom. The molecule has 0 fully saturated rings. The molecule has 0 atom stereocenters. The Morgan fingerprint density at radius 1 is 1.15 bits per heavy atom. The highest BCUT2D eigenvalue weighted by Gasteiger charge is 2.30. The van der Waals surface area contributed by atoms with Crippen LogP contribution in [0.2, 0.25) is 0 Å². The fourth-order valence-electron chi connectivity index (χ4n) is 1.71. The van der Waals surface area contributed by atoms with E-state index in [9.17, 15) is 17.6 Å². The minimum absolute atomic E-state index is 0.0386. The van der Waals surface area contributed by atoms with E-state index in [2.05, 4.69) is 10.6 Å². The van der Waals surface area contributed by atoms with Crippen LogP contribution in [0.4, 0.5) is 17.6 Å². The molecule has 114 valence electrons. The molecule has 1 rings (SSSR count). The van der Waals surface area contributed by atoms with Crippen LogP contribution in [0, 0.1) is 5.82 Å². The van der Waals surface area contributed by atoms with Crippen molar-refractivity contribution in [3.8, 4) is 0 Å². The lowest BCUT2D eigenvalue weighted by atomic mass is 10.1. The van der Waals surface area contributed by atoms with Crippen molar-refractivity contribution in [3.63, 3.8) is 0 Å². The van der Waals surface area contributed by atoms with E-state index in [1.54, 1.807) is 0 Å². The van der Waals surface area contributed by atoms with Crippen molar-refractivity contribution in [2.24, 2.45) is 0 Å². The smallest absolute Gasteiger partial charge is 0.314 e. The average Bonchev–Trinajstić information content (AvgIpc) is 2.33. The largest absolute Gasteiger partial charge is 0.416 e. The molecule has 0 unspecified atom stereocenters. The molecule has 0 aliphatic rings. The predicted molar refractivity (Wildman–Crippen MR) is 70.9 cm³/mol. The molecule has 0 saturated carbocycles. The van der Waals surface area contributed by atoms with Crippen molar-refractivity contribution in [2.75, 3.05) is 13.1 Å². The number of halogens is 4.